The zero-order valence-corrected chi connectivity index (χ0v) is 15.9. The number of morpholine rings is 1. The first-order valence-electron chi connectivity index (χ1n) is 8.71. The number of hydrogen-bond donors (Lipinski definition) is 0. The van der Waals surface area contributed by atoms with E-state index in [4.69, 9.17) is 4.74 Å². The minimum Gasteiger partial charge on any atom is -0.374 e. The van der Waals surface area contributed by atoms with Crippen LogP contribution in [-0.4, -0.2) is 56.6 Å². The molecule has 2 aromatic heterocycles. The molecule has 3 heterocycles. The topological polar surface area (TPSA) is 60.2 Å². The van der Waals surface area contributed by atoms with Crippen LogP contribution in [0.1, 0.15) is 25.7 Å². The van der Waals surface area contributed by atoms with Crippen molar-refractivity contribution >= 4 is 29.0 Å². The summed E-state index contributed by atoms with van der Waals surface area (Å²) in [5.74, 6) is 1.44. The van der Waals surface area contributed by atoms with Gasteiger partial charge in [-0.25, -0.2) is 0 Å². The molecule has 134 valence electrons. The summed E-state index contributed by atoms with van der Waals surface area (Å²) < 4.78 is 7.83. The second kappa shape index (κ2) is 7.47. The van der Waals surface area contributed by atoms with Crippen LogP contribution in [0.25, 0.3) is 10.7 Å². The Morgan fingerprint density at radius 1 is 1.40 bits per heavy atom. The van der Waals surface area contributed by atoms with Gasteiger partial charge in [-0.05, 0) is 24.3 Å². The van der Waals surface area contributed by atoms with Crippen molar-refractivity contribution in [2.75, 3.05) is 18.9 Å². The van der Waals surface area contributed by atoms with E-state index in [9.17, 15) is 4.79 Å². The predicted molar refractivity (Wildman–Crippen MR) is 98.7 cm³/mol. The number of rotatable bonds is 4. The Morgan fingerprint density at radius 2 is 2.28 bits per heavy atom. The van der Waals surface area contributed by atoms with Crippen molar-refractivity contribution in [3.8, 4) is 10.7 Å². The molecule has 2 aromatic rings. The van der Waals surface area contributed by atoms with E-state index in [1.54, 1.807) is 11.3 Å². The summed E-state index contributed by atoms with van der Waals surface area (Å²) in [6, 6.07) is 4.30. The first kappa shape index (κ1) is 17.1. The fourth-order valence-corrected chi connectivity index (χ4v) is 5.22. The highest BCUT2D eigenvalue weighted by molar-refractivity contribution is 7.99. The highest BCUT2D eigenvalue weighted by atomic mass is 32.2. The zero-order valence-electron chi connectivity index (χ0n) is 14.3. The van der Waals surface area contributed by atoms with Gasteiger partial charge in [0.1, 0.15) is 0 Å². The molecule has 0 radical (unpaired) electrons. The van der Waals surface area contributed by atoms with Crippen molar-refractivity contribution in [1.82, 2.24) is 19.7 Å². The molecule has 4 rings (SSSR count). The summed E-state index contributed by atoms with van der Waals surface area (Å²) in [7, 11) is 1.95. The molecule has 6 nitrogen and oxygen atoms in total. The van der Waals surface area contributed by atoms with Gasteiger partial charge in [-0.2, -0.15) is 0 Å². The molecule has 2 fully saturated rings. The van der Waals surface area contributed by atoms with Crippen LogP contribution in [0, 0.1) is 0 Å². The van der Waals surface area contributed by atoms with Crippen LogP contribution in [0.5, 0.6) is 0 Å². The molecule has 2 aliphatic rings. The van der Waals surface area contributed by atoms with Crippen molar-refractivity contribution in [3.63, 3.8) is 0 Å². The Morgan fingerprint density at radius 3 is 3.12 bits per heavy atom. The number of thiophene rings is 1. The van der Waals surface area contributed by atoms with E-state index in [-0.39, 0.29) is 18.1 Å². The molecule has 25 heavy (non-hydrogen) atoms. The van der Waals surface area contributed by atoms with Gasteiger partial charge in [-0.15, -0.1) is 21.5 Å². The third-order valence-corrected chi connectivity index (χ3v) is 6.82. The molecule has 0 N–H and O–H groups in total. The zero-order chi connectivity index (χ0) is 17.2. The Balaban J connectivity index is 1.40. The second-order valence-electron chi connectivity index (χ2n) is 6.48. The monoisotopic (exact) mass is 378 g/mol. The van der Waals surface area contributed by atoms with Crippen LogP contribution in [0.2, 0.25) is 0 Å². The molecule has 1 amide bonds. The lowest BCUT2D eigenvalue weighted by atomic mass is 9.90. The molecule has 1 saturated heterocycles. The van der Waals surface area contributed by atoms with Crippen molar-refractivity contribution in [2.24, 2.45) is 7.05 Å². The standard InChI is InChI=1S/C17H22N4O2S2/c1-20-16(14-7-4-10-24-14)18-19-17(20)25-11-15(22)21-8-9-23-13-6-3-2-5-12(13)21/h4,7,10,12-13H,2-3,5-6,8-9,11H2,1H3. The number of thioether (sulfide) groups is 1. The van der Waals surface area contributed by atoms with E-state index in [0.29, 0.717) is 18.9 Å². The average Bonchev–Trinajstić information content (AvgIpc) is 3.29. The Bertz CT molecular complexity index is 729. The second-order valence-corrected chi connectivity index (χ2v) is 8.37. The number of carbonyl (C=O) groups excluding carboxylic acids is 1. The summed E-state index contributed by atoms with van der Waals surface area (Å²) in [5, 5.41) is 11.3. The summed E-state index contributed by atoms with van der Waals surface area (Å²) in [4.78, 5) is 15.9. The van der Waals surface area contributed by atoms with E-state index in [0.717, 1.165) is 28.7 Å². The van der Waals surface area contributed by atoms with Crippen molar-refractivity contribution in [1.29, 1.82) is 0 Å². The van der Waals surface area contributed by atoms with Crippen LogP contribution < -0.4 is 0 Å². The number of carbonyl (C=O) groups is 1. The highest BCUT2D eigenvalue weighted by Crippen LogP contribution is 2.30. The van der Waals surface area contributed by atoms with Crippen LogP contribution in [-0.2, 0) is 16.6 Å². The highest BCUT2D eigenvalue weighted by Gasteiger charge is 2.36. The maximum Gasteiger partial charge on any atom is 0.233 e. The Labute approximate surface area is 155 Å². The first-order valence-corrected chi connectivity index (χ1v) is 10.6. The van der Waals surface area contributed by atoms with E-state index < -0.39 is 0 Å². The molecule has 0 aromatic carbocycles. The number of hydrogen-bond acceptors (Lipinski definition) is 6. The fourth-order valence-electron chi connectivity index (χ4n) is 3.68. The van der Waals surface area contributed by atoms with Gasteiger partial charge >= 0.3 is 0 Å². The molecule has 2 unspecified atom stereocenters. The van der Waals surface area contributed by atoms with Crippen molar-refractivity contribution < 1.29 is 9.53 Å². The lowest BCUT2D eigenvalue weighted by Gasteiger charge is -2.43. The molecular formula is C17H22N4O2S2. The van der Waals surface area contributed by atoms with Crippen molar-refractivity contribution in [3.05, 3.63) is 17.5 Å². The number of ether oxygens (including phenoxy) is 1. The summed E-state index contributed by atoms with van der Waals surface area (Å²) in [5.41, 5.74) is 0. The summed E-state index contributed by atoms with van der Waals surface area (Å²) in [6.45, 7) is 1.36. The van der Waals surface area contributed by atoms with E-state index in [1.807, 2.05) is 34.0 Å². The first-order chi connectivity index (χ1) is 12.2. The SMILES string of the molecule is Cn1c(SCC(=O)N2CCOC3CCCCC32)nnc1-c1cccs1. The van der Waals surface area contributed by atoms with Gasteiger partial charge < -0.3 is 14.2 Å². The lowest BCUT2D eigenvalue weighted by molar-refractivity contribution is -0.146. The fraction of sp³-hybridized carbons (Fsp3) is 0.588. The van der Waals surface area contributed by atoms with Gasteiger partial charge in [-0.3, -0.25) is 4.79 Å². The van der Waals surface area contributed by atoms with E-state index in [1.165, 1.54) is 24.6 Å². The minimum absolute atomic E-state index is 0.186. The molecule has 1 aliphatic heterocycles. The van der Waals surface area contributed by atoms with Gasteiger partial charge in [0, 0.05) is 13.6 Å². The largest absolute Gasteiger partial charge is 0.374 e. The number of aromatic nitrogens is 3. The number of fused-ring (bicyclic) bond motifs is 1. The molecule has 8 heteroatoms. The van der Waals surface area contributed by atoms with Gasteiger partial charge in [0.05, 0.1) is 29.4 Å². The van der Waals surface area contributed by atoms with Gasteiger partial charge in [0.25, 0.3) is 0 Å². The lowest BCUT2D eigenvalue weighted by Crippen LogP contribution is -2.55. The maximum atomic E-state index is 12.8. The molecule has 1 aliphatic carbocycles. The number of nitrogens with zero attached hydrogens (tertiary/aromatic N) is 4. The average molecular weight is 379 g/mol. The Kier molecular flexibility index (Phi) is 5.10. The smallest absolute Gasteiger partial charge is 0.233 e. The molecule has 2 atom stereocenters. The van der Waals surface area contributed by atoms with Crippen LogP contribution in [0.4, 0.5) is 0 Å². The third kappa shape index (κ3) is 3.47. The number of amides is 1. The minimum atomic E-state index is 0.186. The van der Waals surface area contributed by atoms with Gasteiger partial charge in [0.15, 0.2) is 11.0 Å². The molecule has 1 saturated carbocycles. The Hall–Kier alpha value is -1.38. The van der Waals surface area contributed by atoms with Gasteiger partial charge in [0.2, 0.25) is 5.91 Å². The summed E-state index contributed by atoms with van der Waals surface area (Å²) in [6.07, 6.45) is 4.77. The van der Waals surface area contributed by atoms with E-state index in [2.05, 4.69) is 10.2 Å². The molecule has 0 bridgehead atoms. The van der Waals surface area contributed by atoms with E-state index >= 15 is 0 Å². The normalized spacial score (nSPS) is 23.5. The maximum absolute atomic E-state index is 12.8. The van der Waals surface area contributed by atoms with Crippen LogP contribution in [0.3, 0.4) is 0 Å². The van der Waals surface area contributed by atoms with Crippen LogP contribution in [0.15, 0.2) is 22.7 Å². The quantitative estimate of drug-likeness (QED) is 0.766. The molecule has 0 spiro atoms. The molecular weight excluding hydrogens is 356 g/mol. The van der Waals surface area contributed by atoms with Crippen LogP contribution >= 0.6 is 23.1 Å². The predicted octanol–water partition coefficient (Wildman–Crippen LogP) is 2.81. The van der Waals surface area contributed by atoms with Crippen molar-refractivity contribution in [2.45, 2.75) is 43.0 Å². The summed E-state index contributed by atoms with van der Waals surface area (Å²) >= 11 is 3.11. The van der Waals surface area contributed by atoms with Gasteiger partial charge in [-0.1, -0.05) is 30.7 Å². The third-order valence-electron chi connectivity index (χ3n) is 4.95.